The maximum Gasteiger partial charge on any atom is 0.0842 e. The van der Waals surface area contributed by atoms with Crippen molar-refractivity contribution >= 4 is 0 Å². The fourth-order valence-corrected chi connectivity index (χ4v) is 3.29. The fourth-order valence-electron chi connectivity index (χ4n) is 3.29. The highest BCUT2D eigenvalue weighted by Gasteiger charge is 2.25. The first-order valence-electron chi connectivity index (χ1n) is 7.35. The lowest BCUT2D eigenvalue weighted by Crippen LogP contribution is -2.38. The van der Waals surface area contributed by atoms with Crippen LogP contribution in [-0.2, 0) is 26.3 Å². The Morgan fingerprint density at radius 3 is 2.85 bits per heavy atom. The molecule has 2 unspecified atom stereocenters. The van der Waals surface area contributed by atoms with Crippen molar-refractivity contribution in [3.8, 4) is 0 Å². The summed E-state index contributed by atoms with van der Waals surface area (Å²) in [6.45, 7) is 0. The number of nitrogens with zero attached hydrogens (tertiary/aromatic N) is 3. The van der Waals surface area contributed by atoms with Crippen LogP contribution in [0, 0.1) is 5.92 Å². The molecular formula is C16H22N4. The summed E-state index contributed by atoms with van der Waals surface area (Å²) in [5.41, 5.74) is 4.12. The van der Waals surface area contributed by atoms with Gasteiger partial charge >= 0.3 is 0 Å². The lowest BCUT2D eigenvalue weighted by atomic mass is 9.79. The molecule has 0 bridgehead atoms. The normalized spacial score (nSPS) is 19.6. The number of benzene rings is 1. The molecule has 20 heavy (non-hydrogen) atoms. The van der Waals surface area contributed by atoms with E-state index in [1.807, 2.05) is 13.2 Å². The minimum atomic E-state index is 0.472. The molecule has 0 saturated heterocycles. The van der Waals surface area contributed by atoms with Crippen molar-refractivity contribution in [2.75, 3.05) is 7.05 Å². The largest absolute Gasteiger partial charge is 0.316 e. The number of aromatic nitrogens is 3. The van der Waals surface area contributed by atoms with Crippen LogP contribution in [0.2, 0.25) is 0 Å². The summed E-state index contributed by atoms with van der Waals surface area (Å²) < 4.78 is 1.78. The Morgan fingerprint density at radius 1 is 1.35 bits per heavy atom. The Balaban J connectivity index is 1.71. The predicted molar refractivity (Wildman–Crippen MR) is 79.5 cm³/mol. The average Bonchev–Trinajstić information content (AvgIpc) is 2.89. The van der Waals surface area contributed by atoms with Crippen molar-refractivity contribution in [3.63, 3.8) is 0 Å². The first-order valence-corrected chi connectivity index (χ1v) is 7.35. The van der Waals surface area contributed by atoms with Gasteiger partial charge in [0.1, 0.15) is 0 Å². The zero-order valence-electron chi connectivity index (χ0n) is 12.2. The number of rotatable bonds is 4. The zero-order valence-corrected chi connectivity index (χ0v) is 12.2. The molecule has 0 saturated carbocycles. The number of nitrogens with one attached hydrogen (secondary N) is 1. The van der Waals surface area contributed by atoms with Gasteiger partial charge in [0.2, 0.25) is 0 Å². The van der Waals surface area contributed by atoms with Crippen LogP contribution in [0.3, 0.4) is 0 Å². The highest BCUT2D eigenvalue weighted by molar-refractivity contribution is 5.30. The van der Waals surface area contributed by atoms with Crippen LogP contribution >= 0.6 is 0 Å². The highest BCUT2D eigenvalue weighted by atomic mass is 15.4. The minimum absolute atomic E-state index is 0.472. The van der Waals surface area contributed by atoms with Crippen LogP contribution in [-0.4, -0.2) is 28.1 Å². The molecule has 2 aromatic rings. The Labute approximate surface area is 120 Å². The molecule has 1 N–H and O–H groups in total. The lowest BCUT2D eigenvalue weighted by Gasteiger charge is -2.31. The highest BCUT2D eigenvalue weighted by Crippen LogP contribution is 2.28. The summed E-state index contributed by atoms with van der Waals surface area (Å²) in [6.07, 6.45) is 6.59. The Morgan fingerprint density at radius 2 is 2.15 bits per heavy atom. The standard InChI is InChI=1S/C16H22N4/c1-17-16(10-15-11-20(2)19-18-15)14-8-7-12-5-3-4-6-13(12)9-14/h3-6,11,14,16-17H,7-10H2,1-2H3. The van der Waals surface area contributed by atoms with E-state index in [1.54, 1.807) is 4.68 Å². The quantitative estimate of drug-likeness (QED) is 0.920. The molecule has 1 aliphatic carbocycles. The second-order valence-corrected chi connectivity index (χ2v) is 5.75. The van der Waals surface area contributed by atoms with E-state index in [1.165, 1.54) is 30.4 Å². The molecule has 1 aromatic carbocycles. The summed E-state index contributed by atoms with van der Waals surface area (Å²) >= 11 is 0. The molecule has 0 aliphatic heterocycles. The molecule has 2 atom stereocenters. The Kier molecular flexibility index (Phi) is 3.83. The maximum absolute atomic E-state index is 4.22. The molecule has 0 amide bonds. The third-order valence-corrected chi connectivity index (χ3v) is 4.40. The van der Waals surface area contributed by atoms with E-state index in [0.29, 0.717) is 12.0 Å². The summed E-state index contributed by atoms with van der Waals surface area (Å²) in [7, 11) is 3.98. The Hall–Kier alpha value is -1.68. The van der Waals surface area contributed by atoms with Crippen LogP contribution in [0.15, 0.2) is 30.5 Å². The maximum atomic E-state index is 4.22. The van der Waals surface area contributed by atoms with Crippen LogP contribution < -0.4 is 5.32 Å². The van der Waals surface area contributed by atoms with Gasteiger partial charge in [0.15, 0.2) is 0 Å². The van der Waals surface area contributed by atoms with Crippen molar-refractivity contribution in [2.45, 2.75) is 31.7 Å². The van der Waals surface area contributed by atoms with Gasteiger partial charge in [-0.05, 0) is 43.4 Å². The molecule has 0 fully saturated rings. The SMILES string of the molecule is CNC(Cc1cn(C)nn1)C1CCc2ccccc2C1. The number of aryl methyl sites for hydroxylation is 2. The van der Waals surface area contributed by atoms with Gasteiger partial charge in [-0.15, -0.1) is 5.10 Å². The van der Waals surface area contributed by atoms with E-state index in [4.69, 9.17) is 0 Å². The molecular weight excluding hydrogens is 248 g/mol. The molecule has 1 heterocycles. The van der Waals surface area contributed by atoms with Gasteiger partial charge < -0.3 is 5.32 Å². The van der Waals surface area contributed by atoms with Gasteiger partial charge in [0, 0.05) is 25.7 Å². The van der Waals surface area contributed by atoms with E-state index in [-0.39, 0.29) is 0 Å². The first kappa shape index (κ1) is 13.3. The van der Waals surface area contributed by atoms with E-state index in [0.717, 1.165) is 12.1 Å². The number of hydrogen-bond donors (Lipinski definition) is 1. The van der Waals surface area contributed by atoms with Gasteiger partial charge in [-0.25, -0.2) is 0 Å². The van der Waals surface area contributed by atoms with Crippen LogP contribution in [0.1, 0.15) is 23.2 Å². The third-order valence-electron chi connectivity index (χ3n) is 4.40. The van der Waals surface area contributed by atoms with Crippen molar-refractivity contribution in [3.05, 3.63) is 47.3 Å². The second kappa shape index (κ2) is 5.75. The fraction of sp³-hybridized carbons (Fsp3) is 0.500. The zero-order chi connectivity index (χ0) is 13.9. The van der Waals surface area contributed by atoms with Gasteiger partial charge in [-0.2, -0.15) is 0 Å². The molecule has 106 valence electrons. The summed E-state index contributed by atoms with van der Waals surface area (Å²) in [5, 5.41) is 11.7. The van der Waals surface area contributed by atoms with Crippen LogP contribution in [0.4, 0.5) is 0 Å². The Bertz CT molecular complexity index is 575. The van der Waals surface area contributed by atoms with Crippen molar-refractivity contribution in [1.82, 2.24) is 20.3 Å². The van der Waals surface area contributed by atoms with E-state index in [2.05, 4.69) is 46.9 Å². The summed E-state index contributed by atoms with van der Waals surface area (Å²) in [6, 6.07) is 9.31. The topological polar surface area (TPSA) is 42.7 Å². The lowest BCUT2D eigenvalue weighted by molar-refractivity contribution is 0.331. The van der Waals surface area contributed by atoms with Crippen molar-refractivity contribution < 1.29 is 0 Å². The van der Waals surface area contributed by atoms with Crippen molar-refractivity contribution in [2.24, 2.45) is 13.0 Å². The number of fused-ring (bicyclic) bond motifs is 1. The molecule has 1 aliphatic rings. The molecule has 0 radical (unpaired) electrons. The molecule has 0 spiro atoms. The van der Waals surface area contributed by atoms with Crippen LogP contribution in [0.25, 0.3) is 0 Å². The molecule has 1 aromatic heterocycles. The number of hydrogen-bond acceptors (Lipinski definition) is 3. The van der Waals surface area contributed by atoms with E-state index < -0.39 is 0 Å². The smallest absolute Gasteiger partial charge is 0.0842 e. The summed E-state index contributed by atoms with van der Waals surface area (Å²) in [4.78, 5) is 0. The predicted octanol–water partition coefficient (Wildman–Crippen LogP) is 1.75. The van der Waals surface area contributed by atoms with Gasteiger partial charge in [0.05, 0.1) is 5.69 Å². The molecule has 4 nitrogen and oxygen atoms in total. The molecule has 3 rings (SSSR count). The van der Waals surface area contributed by atoms with Gasteiger partial charge in [-0.1, -0.05) is 29.5 Å². The summed E-state index contributed by atoms with van der Waals surface area (Å²) in [5.74, 6) is 0.678. The van der Waals surface area contributed by atoms with E-state index >= 15 is 0 Å². The van der Waals surface area contributed by atoms with Crippen LogP contribution in [0.5, 0.6) is 0 Å². The van der Waals surface area contributed by atoms with Gasteiger partial charge in [-0.3, -0.25) is 4.68 Å². The van der Waals surface area contributed by atoms with E-state index in [9.17, 15) is 0 Å². The second-order valence-electron chi connectivity index (χ2n) is 5.75. The monoisotopic (exact) mass is 270 g/mol. The van der Waals surface area contributed by atoms with Gasteiger partial charge in [0.25, 0.3) is 0 Å². The third kappa shape index (κ3) is 2.75. The number of likely N-dealkylation sites (N-methyl/N-ethyl adjacent to an activating group) is 1. The minimum Gasteiger partial charge on any atom is -0.316 e. The molecule has 4 heteroatoms. The average molecular weight is 270 g/mol. The first-order chi connectivity index (χ1) is 9.76. The van der Waals surface area contributed by atoms with Crippen molar-refractivity contribution in [1.29, 1.82) is 0 Å².